The number of fused-ring (bicyclic) bond motifs is 4. The number of aliphatic carboxylic acids is 1. The molecule has 1 amide bonds. The van der Waals surface area contributed by atoms with Crippen LogP contribution in [0, 0.1) is 0 Å². The number of benzene rings is 3. The number of amides is 1. The quantitative estimate of drug-likeness (QED) is 0.314. The first kappa shape index (κ1) is 23.7. The lowest BCUT2D eigenvalue weighted by Crippen LogP contribution is -2.43. The molecule has 1 unspecified atom stereocenters. The molecule has 3 aromatic carbocycles. The standard InChI is InChI=1S/C30H30N2O4/c1-30(2,3)27-23(22-14-8-9-15-25(22)31-27)16-26(28(33)34)32-29(35)36-17-24-20-12-6-4-10-18(20)19-11-5-7-13-21(19)24/h4-15,24,26,31H,16-17H2,1-3H3,(H,32,35)(H,33,34). The van der Waals surface area contributed by atoms with Gasteiger partial charge in [-0.2, -0.15) is 0 Å². The monoisotopic (exact) mass is 482 g/mol. The minimum atomic E-state index is -1.12. The summed E-state index contributed by atoms with van der Waals surface area (Å²) in [6, 6.07) is 22.9. The van der Waals surface area contributed by atoms with E-state index in [2.05, 4.69) is 43.2 Å². The van der Waals surface area contributed by atoms with Crippen molar-refractivity contribution in [2.24, 2.45) is 0 Å². The van der Waals surface area contributed by atoms with Crippen LogP contribution in [0.25, 0.3) is 22.0 Å². The summed E-state index contributed by atoms with van der Waals surface area (Å²) in [6.45, 7) is 6.37. The smallest absolute Gasteiger partial charge is 0.407 e. The Morgan fingerprint density at radius 2 is 1.53 bits per heavy atom. The van der Waals surface area contributed by atoms with Gasteiger partial charge in [0.15, 0.2) is 0 Å². The van der Waals surface area contributed by atoms with E-state index in [-0.39, 0.29) is 24.4 Å². The van der Waals surface area contributed by atoms with Gasteiger partial charge in [-0.3, -0.25) is 0 Å². The third kappa shape index (κ3) is 4.35. The molecule has 6 heteroatoms. The maximum absolute atomic E-state index is 12.8. The fourth-order valence-corrected chi connectivity index (χ4v) is 5.24. The second-order valence-corrected chi connectivity index (χ2v) is 10.3. The van der Waals surface area contributed by atoms with E-state index in [0.29, 0.717) is 0 Å². The van der Waals surface area contributed by atoms with Crippen LogP contribution < -0.4 is 5.32 Å². The summed E-state index contributed by atoms with van der Waals surface area (Å²) < 4.78 is 5.60. The fourth-order valence-electron chi connectivity index (χ4n) is 5.24. The molecule has 0 aliphatic heterocycles. The van der Waals surface area contributed by atoms with Crippen LogP contribution in [0.4, 0.5) is 4.79 Å². The Bertz CT molecular complexity index is 1400. The van der Waals surface area contributed by atoms with Crippen molar-refractivity contribution in [2.45, 2.75) is 44.6 Å². The lowest BCUT2D eigenvalue weighted by atomic mass is 9.87. The molecule has 0 saturated heterocycles. The molecule has 1 aliphatic carbocycles. The first-order valence-corrected chi connectivity index (χ1v) is 12.2. The molecule has 36 heavy (non-hydrogen) atoms. The van der Waals surface area contributed by atoms with Gasteiger partial charge in [0, 0.05) is 34.4 Å². The number of carboxylic acids is 1. The molecule has 1 aliphatic rings. The molecule has 0 saturated carbocycles. The SMILES string of the molecule is CC(C)(C)c1[nH]c2ccccc2c1CC(NC(=O)OCC1c2ccccc2-c2ccccc21)C(=O)O. The molecular formula is C30H30N2O4. The third-order valence-electron chi connectivity index (χ3n) is 6.91. The molecule has 1 atom stereocenters. The Labute approximate surface area is 210 Å². The molecule has 0 spiro atoms. The molecule has 1 heterocycles. The van der Waals surface area contributed by atoms with E-state index >= 15 is 0 Å². The predicted molar refractivity (Wildman–Crippen MR) is 140 cm³/mol. The van der Waals surface area contributed by atoms with Gasteiger partial charge >= 0.3 is 12.1 Å². The Hall–Kier alpha value is -4.06. The van der Waals surface area contributed by atoms with Crippen LogP contribution in [-0.2, 0) is 21.4 Å². The van der Waals surface area contributed by atoms with Gasteiger partial charge in [-0.15, -0.1) is 0 Å². The maximum Gasteiger partial charge on any atom is 0.407 e. The zero-order valence-electron chi connectivity index (χ0n) is 20.7. The molecule has 0 bridgehead atoms. The van der Waals surface area contributed by atoms with Crippen molar-refractivity contribution in [1.82, 2.24) is 10.3 Å². The average molecular weight is 483 g/mol. The number of nitrogens with one attached hydrogen (secondary N) is 2. The highest BCUT2D eigenvalue weighted by Crippen LogP contribution is 2.44. The largest absolute Gasteiger partial charge is 0.480 e. The fraction of sp³-hybridized carbons (Fsp3) is 0.267. The third-order valence-corrected chi connectivity index (χ3v) is 6.91. The number of hydrogen-bond donors (Lipinski definition) is 3. The van der Waals surface area contributed by atoms with Gasteiger partial charge in [-0.25, -0.2) is 9.59 Å². The van der Waals surface area contributed by atoms with Crippen LogP contribution in [0.15, 0.2) is 72.8 Å². The molecule has 6 nitrogen and oxygen atoms in total. The summed E-state index contributed by atoms with van der Waals surface area (Å²) >= 11 is 0. The Morgan fingerprint density at radius 1 is 0.944 bits per heavy atom. The number of carbonyl (C=O) groups excluding carboxylic acids is 1. The molecule has 3 N–H and O–H groups in total. The van der Waals surface area contributed by atoms with E-state index in [1.165, 1.54) is 0 Å². The van der Waals surface area contributed by atoms with Gasteiger partial charge in [-0.05, 0) is 33.9 Å². The molecule has 0 fully saturated rings. The Morgan fingerprint density at radius 3 is 2.14 bits per heavy atom. The van der Waals surface area contributed by atoms with Gasteiger partial charge in [0.1, 0.15) is 12.6 Å². The van der Waals surface area contributed by atoms with Crippen LogP contribution in [0.1, 0.15) is 49.1 Å². The molecular weight excluding hydrogens is 452 g/mol. The van der Waals surface area contributed by atoms with E-state index in [9.17, 15) is 14.7 Å². The minimum Gasteiger partial charge on any atom is -0.480 e. The topological polar surface area (TPSA) is 91.4 Å². The molecule has 4 aromatic rings. The number of para-hydroxylation sites is 1. The van der Waals surface area contributed by atoms with E-state index in [4.69, 9.17) is 4.74 Å². The zero-order valence-corrected chi connectivity index (χ0v) is 20.7. The number of hydrogen-bond acceptors (Lipinski definition) is 3. The molecule has 0 radical (unpaired) electrons. The van der Waals surface area contributed by atoms with Gasteiger partial charge in [0.05, 0.1) is 0 Å². The highest BCUT2D eigenvalue weighted by molar-refractivity contribution is 5.87. The van der Waals surface area contributed by atoms with Crippen molar-refractivity contribution in [3.8, 4) is 11.1 Å². The van der Waals surface area contributed by atoms with Crippen LogP contribution in [0.2, 0.25) is 0 Å². The number of ether oxygens (including phenoxy) is 1. The van der Waals surface area contributed by atoms with Crippen molar-refractivity contribution >= 4 is 23.0 Å². The van der Waals surface area contributed by atoms with Crippen molar-refractivity contribution in [1.29, 1.82) is 0 Å². The summed E-state index contributed by atoms with van der Waals surface area (Å²) in [4.78, 5) is 28.4. The second-order valence-electron chi connectivity index (χ2n) is 10.3. The number of alkyl carbamates (subject to hydrolysis) is 1. The van der Waals surface area contributed by atoms with Gasteiger partial charge < -0.3 is 20.1 Å². The van der Waals surface area contributed by atoms with E-state index in [1.807, 2.05) is 60.7 Å². The summed E-state index contributed by atoms with van der Waals surface area (Å²) in [5.74, 6) is -1.19. The summed E-state index contributed by atoms with van der Waals surface area (Å²) in [6.07, 6.45) is -0.586. The lowest BCUT2D eigenvalue weighted by molar-refractivity contribution is -0.139. The molecule has 1 aromatic heterocycles. The lowest BCUT2D eigenvalue weighted by Gasteiger charge is -2.22. The van der Waals surface area contributed by atoms with Crippen molar-refractivity contribution in [3.05, 3.63) is 95.2 Å². The highest BCUT2D eigenvalue weighted by atomic mass is 16.5. The summed E-state index contributed by atoms with van der Waals surface area (Å²) in [7, 11) is 0. The number of aromatic amines is 1. The second kappa shape index (κ2) is 9.19. The normalized spacial score (nSPS) is 13.8. The number of H-pyrrole nitrogens is 1. The first-order valence-electron chi connectivity index (χ1n) is 12.2. The molecule has 184 valence electrons. The van der Waals surface area contributed by atoms with Gasteiger partial charge in [0.2, 0.25) is 0 Å². The van der Waals surface area contributed by atoms with Crippen LogP contribution in [0.3, 0.4) is 0 Å². The van der Waals surface area contributed by atoms with Crippen molar-refractivity contribution in [2.75, 3.05) is 6.61 Å². The van der Waals surface area contributed by atoms with Gasteiger partial charge in [-0.1, -0.05) is 87.5 Å². The molecule has 5 rings (SSSR count). The van der Waals surface area contributed by atoms with Crippen LogP contribution >= 0.6 is 0 Å². The van der Waals surface area contributed by atoms with E-state index < -0.39 is 18.1 Å². The number of carbonyl (C=O) groups is 2. The highest BCUT2D eigenvalue weighted by Gasteiger charge is 2.31. The van der Waals surface area contributed by atoms with Crippen molar-refractivity contribution < 1.29 is 19.4 Å². The summed E-state index contributed by atoms with van der Waals surface area (Å²) in [5, 5.41) is 13.5. The zero-order chi connectivity index (χ0) is 25.4. The van der Waals surface area contributed by atoms with Crippen LogP contribution in [-0.4, -0.2) is 34.8 Å². The van der Waals surface area contributed by atoms with Crippen molar-refractivity contribution in [3.63, 3.8) is 0 Å². The van der Waals surface area contributed by atoms with E-state index in [0.717, 1.165) is 44.4 Å². The Balaban J connectivity index is 1.34. The number of aromatic nitrogens is 1. The minimum absolute atomic E-state index is 0.0902. The Kier molecular flexibility index (Phi) is 6.04. The number of carboxylic acid groups (broad SMARTS) is 1. The first-order chi connectivity index (χ1) is 17.2. The summed E-state index contributed by atoms with van der Waals surface area (Å²) in [5.41, 5.74) is 7.07. The van der Waals surface area contributed by atoms with Crippen LogP contribution in [0.5, 0.6) is 0 Å². The number of rotatable bonds is 6. The van der Waals surface area contributed by atoms with Gasteiger partial charge in [0.25, 0.3) is 0 Å². The maximum atomic E-state index is 12.8. The average Bonchev–Trinajstić information content (AvgIpc) is 3.38. The predicted octanol–water partition coefficient (Wildman–Crippen LogP) is 6.00. The van der Waals surface area contributed by atoms with E-state index in [1.54, 1.807) is 0 Å².